The van der Waals surface area contributed by atoms with Crippen molar-refractivity contribution in [1.29, 1.82) is 0 Å². The lowest BCUT2D eigenvalue weighted by atomic mass is 10.1. The Bertz CT molecular complexity index is 921. The molecule has 0 saturated carbocycles. The average molecular weight is 328 g/mol. The molecule has 1 heterocycles. The monoisotopic (exact) mass is 327 g/mol. The molecule has 0 fully saturated rings. The lowest BCUT2D eigenvalue weighted by molar-refractivity contribution is -0.120. The van der Waals surface area contributed by atoms with E-state index in [2.05, 4.69) is 15.5 Å². The average Bonchev–Trinajstić information content (AvgIpc) is 2.57. The smallest absolute Gasteiger partial charge is 0.272 e. The second kappa shape index (κ2) is 6.62. The molecule has 0 saturated heterocycles. The first-order valence-electron chi connectivity index (χ1n) is 7.11. The van der Waals surface area contributed by atoms with Crippen LogP contribution in [-0.2, 0) is 17.8 Å². The Morgan fingerprint density at radius 3 is 2.57 bits per heavy atom. The van der Waals surface area contributed by atoms with Gasteiger partial charge >= 0.3 is 0 Å². The van der Waals surface area contributed by atoms with Crippen LogP contribution in [-0.4, -0.2) is 16.1 Å². The Morgan fingerprint density at radius 1 is 1.09 bits per heavy atom. The standard InChI is InChI=1S/C17H14ClN3O2/c18-14-8-4-1-5-11(14)9-16(22)19-10-15-12-6-2-3-7-13(12)17(23)21-20-15/h1-8H,9-10H2,(H,19,22)(H,21,23). The van der Waals surface area contributed by atoms with Crippen LogP contribution < -0.4 is 10.9 Å². The van der Waals surface area contributed by atoms with Crippen molar-refractivity contribution >= 4 is 28.3 Å². The Kier molecular flexibility index (Phi) is 4.39. The number of nitrogens with one attached hydrogen (secondary N) is 2. The molecule has 0 aliphatic carbocycles. The SMILES string of the molecule is O=C(Cc1ccccc1Cl)NCc1n[nH]c(=O)c2ccccc12. The number of nitrogens with zero attached hydrogens (tertiary/aromatic N) is 1. The summed E-state index contributed by atoms with van der Waals surface area (Å²) in [5, 5.41) is 11.1. The van der Waals surface area contributed by atoms with Crippen LogP contribution in [0.25, 0.3) is 10.8 Å². The summed E-state index contributed by atoms with van der Waals surface area (Å²) in [6, 6.07) is 14.4. The summed E-state index contributed by atoms with van der Waals surface area (Å²) < 4.78 is 0. The Morgan fingerprint density at radius 2 is 1.78 bits per heavy atom. The molecule has 3 aromatic rings. The molecule has 0 spiro atoms. The van der Waals surface area contributed by atoms with Crippen LogP contribution in [0, 0.1) is 0 Å². The van der Waals surface area contributed by atoms with Crippen LogP contribution in [0.1, 0.15) is 11.3 Å². The summed E-state index contributed by atoms with van der Waals surface area (Å²) in [5.41, 5.74) is 1.14. The number of hydrogen-bond donors (Lipinski definition) is 2. The molecule has 2 N–H and O–H groups in total. The molecule has 6 heteroatoms. The maximum absolute atomic E-state index is 12.1. The lowest BCUT2D eigenvalue weighted by Crippen LogP contribution is -2.26. The minimum atomic E-state index is -0.244. The third-order valence-corrected chi connectivity index (χ3v) is 3.91. The first-order chi connectivity index (χ1) is 11.1. The molecule has 0 atom stereocenters. The minimum absolute atomic E-state index is 0.157. The number of rotatable bonds is 4. The van der Waals surface area contributed by atoms with Gasteiger partial charge in [-0.25, -0.2) is 5.10 Å². The van der Waals surface area contributed by atoms with Crippen LogP contribution in [0.15, 0.2) is 53.3 Å². The van der Waals surface area contributed by atoms with E-state index in [4.69, 9.17) is 11.6 Å². The number of hydrogen-bond acceptors (Lipinski definition) is 3. The van der Waals surface area contributed by atoms with E-state index in [0.29, 0.717) is 16.1 Å². The lowest BCUT2D eigenvalue weighted by Gasteiger charge is -2.08. The van der Waals surface area contributed by atoms with Gasteiger partial charge in [0.15, 0.2) is 0 Å². The number of carbonyl (C=O) groups excluding carboxylic acids is 1. The molecule has 5 nitrogen and oxygen atoms in total. The van der Waals surface area contributed by atoms with Gasteiger partial charge < -0.3 is 5.32 Å². The predicted molar refractivity (Wildman–Crippen MR) is 89.4 cm³/mol. The highest BCUT2D eigenvalue weighted by Gasteiger charge is 2.09. The van der Waals surface area contributed by atoms with E-state index in [1.54, 1.807) is 18.2 Å². The highest BCUT2D eigenvalue weighted by molar-refractivity contribution is 6.31. The summed E-state index contributed by atoms with van der Waals surface area (Å²) in [6.45, 7) is 0.237. The van der Waals surface area contributed by atoms with Crippen LogP contribution in [0.2, 0.25) is 5.02 Å². The van der Waals surface area contributed by atoms with Crippen LogP contribution >= 0.6 is 11.6 Å². The second-order valence-corrected chi connectivity index (χ2v) is 5.50. The predicted octanol–water partition coefficient (Wildman–Crippen LogP) is 2.44. The normalized spacial score (nSPS) is 10.7. The van der Waals surface area contributed by atoms with Gasteiger partial charge in [-0.3, -0.25) is 9.59 Å². The molecule has 0 aliphatic heterocycles. The molecule has 0 aliphatic rings. The molecule has 3 rings (SSSR count). The maximum Gasteiger partial charge on any atom is 0.272 e. The molecular weight excluding hydrogens is 314 g/mol. The first-order valence-corrected chi connectivity index (χ1v) is 7.49. The van der Waals surface area contributed by atoms with Gasteiger partial charge in [-0.2, -0.15) is 5.10 Å². The fourth-order valence-corrected chi connectivity index (χ4v) is 2.57. The Labute approximate surface area is 137 Å². The van der Waals surface area contributed by atoms with Gasteiger partial charge in [-0.1, -0.05) is 48.0 Å². The van der Waals surface area contributed by atoms with Crippen molar-refractivity contribution < 1.29 is 4.79 Å². The highest BCUT2D eigenvalue weighted by Crippen LogP contribution is 2.15. The van der Waals surface area contributed by atoms with Gasteiger partial charge in [0.25, 0.3) is 5.56 Å². The van der Waals surface area contributed by atoms with Crippen LogP contribution in [0.3, 0.4) is 0 Å². The molecule has 116 valence electrons. The second-order valence-electron chi connectivity index (χ2n) is 5.09. The zero-order chi connectivity index (χ0) is 16.2. The van der Waals surface area contributed by atoms with Gasteiger partial charge in [-0.05, 0) is 17.7 Å². The summed E-state index contributed by atoms with van der Waals surface area (Å²) in [4.78, 5) is 23.8. The van der Waals surface area contributed by atoms with E-state index >= 15 is 0 Å². The molecule has 23 heavy (non-hydrogen) atoms. The number of benzene rings is 2. The maximum atomic E-state index is 12.1. The van der Waals surface area contributed by atoms with E-state index in [1.165, 1.54) is 0 Å². The number of amides is 1. The number of carbonyl (C=O) groups is 1. The first kappa shape index (κ1) is 15.2. The van der Waals surface area contributed by atoms with E-state index < -0.39 is 0 Å². The molecule has 1 amide bonds. The fraction of sp³-hybridized carbons (Fsp3) is 0.118. The summed E-state index contributed by atoms with van der Waals surface area (Å²) in [7, 11) is 0. The van der Waals surface area contributed by atoms with Gasteiger partial charge in [0.2, 0.25) is 5.91 Å². The van der Waals surface area contributed by atoms with Crippen molar-refractivity contribution in [2.45, 2.75) is 13.0 Å². The molecule has 2 aromatic carbocycles. The zero-order valence-corrected chi connectivity index (χ0v) is 12.9. The van der Waals surface area contributed by atoms with Gasteiger partial charge in [0.05, 0.1) is 24.0 Å². The molecule has 0 unspecified atom stereocenters. The number of halogens is 1. The van der Waals surface area contributed by atoms with E-state index in [0.717, 1.165) is 10.9 Å². The fourth-order valence-electron chi connectivity index (χ4n) is 2.37. The molecule has 1 aromatic heterocycles. The third-order valence-electron chi connectivity index (χ3n) is 3.54. The van der Waals surface area contributed by atoms with Crippen molar-refractivity contribution in [3.05, 3.63) is 75.2 Å². The van der Waals surface area contributed by atoms with Crippen molar-refractivity contribution in [2.75, 3.05) is 0 Å². The van der Waals surface area contributed by atoms with Crippen molar-refractivity contribution in [1.82, 2.24) is 15.5 Å². The Balaban J connectivity index is 1.74. The van der Waals surface area contributed by atoms with Crippen LogP contribution in [0.5, 0.6) is 0 Å². The minimum Gasteiger partial charge on any atom is -0.350 e. The molecule has 0 bridgehead atoms. The van der Waals surface area contributed by atoms with E-state index in [-0.39, 0.29) is 24.4 Å². The summed E-state index contributed by atoms with van der Waals surface area (Å²) in [5.74, 6) is -0.157. The van der Waals surface area contributed by atoms with Gasteiger partial charge in [-0.15, -0.1) is 0 Å². The van der Waals surface area contributed by atoms with Crippen molar-refractivity contribution in [3.8, 4) is 0 Å². The number of aromatic nitrogens is 2. The molecular formula is C17H14ClN3O2. The van der Waals surface area contributed by atoms with Crippen molar-refractivity contribution in [3.63, 3.8) is 0 Å². The van der Waals surface area contributed by atoms with Gasteiger partial charge in [0.1, 0.15) is 0 Å². The number of aromatic amines is 1. The number of fused-ring (bicyclic) bond motifs is 1. The summed E-state index contributed by atoms with van der Waals surface area (Å²) in [6.07, 6.45) is 0.195. The Hall–Kier alpha value is -2.66. The van der Waals surface area contributed by atoms with Gasteiger partial charge in [0, 0.05) is 10.4 Å². The molecule has 0 radical (unpaired) electrons. The zero-order valence-electron chi connectivity index (χ0n) is 12.2. The van der Waals surface area contributed by atoms with Crippen LogP contribution in [0.4, 0.5) is 0 Å². The number of H-pyrrole nitrogens is 1. The summed E-state index contributed by atoms with van der Waals surface area (Å²) >= 11 is 6.05. The van der Waals surface area contributed by atoms with Crippen molar-refractivity contribution in [2.24, 2.45) is 0 Å². The highest BCUT2D eigenvalue weighted by atomic mass is 35.5. The largest absolute Gasteiger partial charge is 0.350 e. The van der Waals surface area contributed by atoms with E-state index in [9.17, 15) is 9.59 Å². The quantitative estimate of drug-likeness (QED) is 0.773. The third kappa shape index (κ3) is 3.40. The van der Waals surface area contributed by atoms with E-state index in [1.807, 2.05) is 30.3 Å². The topological polar surface area (TPSA) is 74.8 Å².